The van der Waals surface area contributed by atoms with E-state index < -0.39 is 5.97 Å². The molecule has 3 rings (SSSR count). The zero-order chi connectivity index (χ0) is 23.0. The Hall–Kier alpha value is -1.65. The highest BCUT2D eigenvalue weighted by atomic mass is 16.5. The number of carboxylic acids is 1. The second-order valence-corrected chi connectivity index (χ2v) is 10.7. The molecule has 3 unspecified atom stereocenters. The van der Waals surface area contributed by atoms with Gasteiger partial charge in [-0.2, -0.15) is 0 Å². The molecule has 1 N–H and O–H groups in total. The van der Waals surface area contributed by atoms with Gasteiger partial charge in [0, 0.05) is 18.4 Å². The molecule has 1 heterocycles. The predicted molar refractivity (Wildman–Crippen MR) is 131 cm³/mol. The molecule has 178 valence electrons. The quantitative estimate of drug-likeness (QED) is 0.431. The zero-order valence-electron chi connectivity index (χ0n) is 20.4. The van der Waals surface area contributed by atoms with Crippen molar-refractivity contribution in [3.05, 3.63) is 47.5 Å². The van der Waals surface area contributed by atoms with Crippen LogP contribution in [0.4, 0.5) is 0 Å². The van der Waals surface area contributed by atoms with Crippen LogP contribution >= 0.6 is 0 Å². The fourth-order valence-corrected chi connectivity index (χ4v) is 5.33. The summed E-state index contributed by atoms with van der Waals surface area (Å²) < 4.78 is 6.53. The van der Waals surface area contributed by atoms with E-state index in [1.165, 1.54) is 49.9 Å². The summed E-state index contributed by atoms with van der Waals surface area (Å²) in [4.78, 5) is 13.4. The number of benzene rings is 1. The summed E-state index contributed by atoms with van der Waals surface area (Å²) in [5, 5.41) is 8.81. The van der Waals surface area contributed by atoms with Crippen molar-refractivity contribution in [1.82, 2.24) is 4.90 Å². The Morgan fingerprint density at radius 3 is 2.41 bits per heavy atom. The van der Waals surface area contributed by atoms with Crippen LogP contribution in [0.1, 0.15) is 89.7 Å². The molecule has 4 nitrogen and oxygen atoms in total. The van der Waals surface area contributed by atoms with E-state index in [1.54, 1.807) is 0 Å². The minimum absolute atomic E-state index is 0.176. The standard InChI is InChI=1S/C28H43NO3/c1-28(2,3)23-15-13-22(14-16-23)21-32-26-18-17-25(29-19-9-6-10-20-29)24(26)11-7-4-5-8-12-27(30)31/h4-5,13-16,24-26H,6-12,17-21H2,1-3H3,(H,30,31). The minimum atomic E-state index is -0.723. The number of aliphatic carboxylic acids is 1. The highest BCUT2D eigenvalue weighted by Gasteiger charge is 2.39. The van der Waals surface area contributed by atoms with Crippen LogP contribution in [0.15, 0.2) is 36.4 Å². The lowest BCUT2D eigenvalue weighted by atomic mass is 9.87. The molecule has 0 radical (unpaired) electrons. The first-order chi connectivity index (χ1) is 15.3. The molecule has 2 aliphatic rings. The second-order valence-electron chi connectivity index (χ2n) is 10.7. The molecule has 32 heavy (non-hydrogen) atoms. The summed E-state index contributed by atoms with van der Waals surface area (Å²) in [6.07, 6.45) is 13.9. The van der Waals surface area contributed by atoms with Gasteiger partial charge in [-0.25, -0.2) is 0 Å². The molecular weight excluding hydrogens is 398 g/mol. The molecule has 3 atom stereocenters. The molecule has 1 saturated carbocycles. The van der Waals surface area contributed by atoms with Crippen molar-refractivity contribution in [3.8, 4) is 0 Å². The number of hydrogen-bond acceptors (Lipinski definition) is 3. The van der Waals surface area contributed by atoms with E-state index in [0.717, 1.165) is 19.3 Å². The monoisotopic (exact) mass is 441 g/mol. The van der Waals surface area contributed by atoms with E-state index in [-0.39, 0.29) is 11.8 Å². The smallest absolute Gasteiger partial charge is 0.303 e. The topological polar surface area (TPSA) is 49.8 Å². The SMILES string of the molecule is CC(C)(C)c1ccc(COC2CCC(N3CCCCC3)C2CCC=CCCC(=O)O)cc1. The van der Waals surface area contributed by atoms with Crippen molar-refractivity contribution < 1.29 is 14.6 Å². The predicted octanol–water partition coefficient (Wildman–Crippen LogP) is 6.34. The Bertz CT molecular complexity index is 728. The molecular formula is C28H43NO3. The third-order valence-electron chi connectivity index (χ3n) is 7.22. The van der Waals surface area contributed by atoms with Crippen LogP contribution in [0, 0.1) is 5.92 Å². The van der Waals surface area contributed by atoms with Gasteiger partial charge in [-0.1, -0.05) is 63.6 Å². The van der Waals surface area contributed by atoms with Crippen molar-refractivity contribution >= 4 is 5.97 Å². The molecule has 0 amide bonds. The number of likely N-dealkylation sites (tertiary alicyclic amines) is 1. The van der Waals surface area contributed by atoms with Crippen LogP contribution < -0.4 is 0 Å². The molecule has 0 aromatic heterocycles. The number of allylic oxidation sites excluding steroid dienone is 2. The fourth-order valence-electron chi connectivity index (χ4n) is 5.33. The third-order valence-corrected chi connectivity index (χ3v) is 7.22. The summed E-state index contributed by atoms with van der Waals surface area (Å²) in [5.41, 5.74) is 2.79. The molecule has 1 aromatic rings. The first-order valence-corrected chi connectivity index (χ1v) is 12.7. The van der Waals surface area contributed by atoms with Gasteiger partial charge in [0.1, 0.15) is 0 Å². The number of nitrogens with zero attached hydrogens (tertiary/aromatic N) is 1. The fraction of sp³-hybridized carbons (Fsp3) is 0.679. The second kappa shape index (κ2) is 12.0. The number of rotatable bonds is 10. The molecule has 1 saturated heterocycles. The summed E-state index contributed by atoms with van der Waals surface area (Å²) in [5.74, 6) is -0.161. The lowest BCUT2D eigenvalue weighted by Crippen LogP contribution is -2.43. The summed E-state index contributed by atoms with van der Waals surface area (Å²) in [6, 6.07) is 9.55. The van der Waals surface area contributed by atoms with E-state index in [2.05, 4.69) is 56.0 Å². The number of hydrogen-bond donors (Lipinski definition) is 1. The average molecular weight is 442 g/mol. The van der Waals surface area contributed by atoms with Crippen LogP contribution in [0.5, 0.6) is 0 Å². The van der Waals surface area contributed by atoms with Gasteiger partial charge in [-0.05, 0) is 74.6 Å². The first kappa shape index (κ1) is 25.0. The molecule has 1 aliphatic heterocycles. The number of carbonyl (C=O) groups is 1. The van der Waals surface area contributed by atoms with Gasteiger partial charge in [0.05, 0.1) is 12.7 Å². The number of carboxylic acid groups (broad SMARTS) is 1. The van der Waals surface area contributed by atoms with Crippen LogP contribution in [0.3, 0.4) is 0 Å². The normalized spacial score (nSPS) is 24.9. The van der Waals surface area contributed by atoms with Gasteiger partial charge in [0.2, 0.25) is 0 Å². The van der Waals surface area contributed by atoms with Gasteiger partial charge in [0.15, 0.2) is 0 Å². The van der Waals surface area contributed by atoms with Gasteiger partial charge in [0.25, 0.3) is 0 Å². The van der Waals surface area contributed by atoms with Gasteiger partial charge in [-0.15, -0.1) is 0 Å². The van der Waals surface area contributed by atoms with E-state index in [0.29, 0.717) is 31.1 Å². The molecule has 0 bridgehead atoms. The summed E-state index contributed by atoms with van der Waals surface area (Å²) in [6.45, 7) is 9.90. The largest absolute Gasteiger partial charge is 0.481 e. The van der Waals surface area contributed by atoms with Crippen LogP contribution in [0.2, 0.25) is 0 Å². The Morgan fingerprint density at radius 2 is 1.75 bits per heavy atom. The van der Waals surface area contributed by atoms with Crippen molar-refractivity contribution in [2.75, 3.05) is 13.1 Å². The highest BCUT2D eigenvalue weighted by molar-refractivity contribution is 5.66. The lowest BCUT2D eigenvalue weighted by molar-refractivity contribution is -0.136. The molecule has 2 fully saturated rings. The van der Waals surface area contributed by atoms with Gasteiger partial charge >= 0.3 is 5.97 Å². The Kier molecular flexibility index (Phi) is 9.36. The molecule has 1 aliphatic carbocycles. The van der Waals surface area contributed by atoms with Crippen LogP contribution in [0.25, 0.3) is 0 Å². The van der Waals surface area contributed by atoms with Crippen molar-refractivity contribution in [2.45, 2.75) is 103 Å². The van der Waals surface area contributed by atoms with Gasteiger partial charge in [-0.3, -0.25) is 4.79 Å². The maximum absolute atomic E-state index is 10.7. The third kappa shape index (κ3) is 7.45. The van der Waals surface area contributed by atoms with E-state index >= 15 is 0 Å². The maximum atomic E-state index is 10.7. The summed E-state index contributed by atoms with van der Waals surface area (Å²) in [7, 11) is 0. The molecule has 0 spiro atoms. The minimum Gasteiger partial charge on any atom is -0.481 e. The average Bonchev–Trinajstić information content (AvgIpc) is 3.17. The first-order valence-electron chi connectivity index (χ1n) is 12.7. The summed E-state index contributed by atoms with van der Waals surface area (Å²) >= 11 is 0. The van der Waals surface area contributed by atoms with Gasteiger partial charge < -0.3 is 14.7 Å². The van der Waals surface area contributed by atoms with Crippen molar-refractivity contribution in [2.24, 2.45) is 5.92 Å². The highest BCUT2D eigenvalue weighted by Crippen LogP contribution is 2.37. The Balaban J connectivity index is 1.57. The van der Waals surface area contributed by atoms with E-state index in [4.69, 9.17) is 9.84 Å². The molecule has 1 aromatic carbocycles. The van der Waals surface area contributed by atoms with Crippen molar-refractivity contribution in [1.29, 1.82) is 0 Å². The lowest BCUT2D eigenvalue weighted by Gasteiger charge is -2.37. The maximum Gasteiger partial charge on any atom is 0.303 e. The van der Waals surface area contributed by atoms with E-state index in [9.17, 15) is 4.79 Å². The number of ether oxygens (including phenoxy) is 1. The molecule has 4 heteroatoms. The van der Waals surface area contributed by atoms with Crippen molar-refractivity contribution in [3.63, 3.8) is 0 Å². The Labute approximate surface area is 195 Å². The van der Waals surface area contributed by atoms with E-state index in [1.807, 2.05) is 6.08 Å². The Morgan fingerprint density at radius 1 is 1.06 bits per heavy atom. The zero-order valence-corrected chi connectivity index (χ0v) is 20.4. The van der Waals surface area contributed by atoms with Crippen LogP contribution in [-0.4, -0.2) is 41.2 Å². The number of piperidine rings is 1. The van der Waals surface area contributed by atoms with Crippen LogP contribution in [-0.2, 0) is 21.6 Å².